The normalized spacial score (nSPS) is 38.3. The van der Waals surface area contributed by atoms with Gasteiger partial charge in [0.25, 0.3) is 0 Å². The molecule has 8 heteroatoms. The van der Waals surface area contributed by atoms with Crippen LogP contribution in [0.15, 0.2) is 27.3 Å². The Morgan fingerprint density at radius 2 is 2.39 bits per heavy atom. The summed E-state index contributed by atoms with van der Waals surface area (Å²) in [6.45, 7) is 3.63. The smallest absolute Gasteiger partial charge is 0.316 e. The number of aliphatic hydroxyl groups is 1. The summed E-state index contributed by atoms with van der Waals surface area (Å²) in [6, 6.07) is 0. The number of rotatable bonds is 1. The predicted octanol–water partition coefficient (Wildman–Crippen LogP) is -0.656. The average Bonchev–Trinajstić information content (AvgIpc) is 2.83. The quantitative estimate of drug-likeness (QED) is 0.606. The SMILES string of the molecule is C=C1O[C@@H](N2C=NC3(F)C(N)=NCN=C23)C[C@@H]1O. The number of fused-ring (bicyclic) bond motifs is 1. The van der Waals surface area contributed by atoms with Crippen LogP contribution in [0.1, 0.15) is 6.42 Å². The van der Waals surface area contributed by atoms with E-state index in [0.29, 0.717) is 0 Å². The highest BCUT2D eigenvalue weighted by atomic mass is 19.1. The van der Waals surface area contributed by atoms with Gasteiger partial charge in [0, 0.05) is 6.42 Å². The zero-order valence-electron chi connectivity index (χ0n) is 9.45. The van der Waals surface area contributed by atoms with Crippen LogP contribution in [-0.4, -0.2) is 52.8 Å². The van der Waals surface area contributed by atoms with Gasteiger partial charge in [0.1, 0.15) is 18.5 Å². The first-order chi connectivity index (χ1) is 8.52. The Morgan fingerprint density at radius 1 is 1.61 bits per heavy atom. The Labute approximate surface area is 102 Å². The van der Waals surface area contributed by atoms with Gasteiger partial charge >= 0.3 is 5.79 Å². The van der Waals surface area contributed by atoms with Gasteiger partial charge in [-0.1, -0.05) is 6.58 Å². The van der Waals surface area contributed by atoms with Crippen LogP contribution in [0.5, 0.6) is 0 Å². The molecule has 0 spiro atoms. The van der Waals surface area contributed by atoms with Crippen LogP contribution >= 0.6 is 0 Å². The zero-order valence-corrected chi connectivity index (χ0v) is 9.45. The van der Waals surface area contributed by atoms with Gasteiger partial charge in [-0.05, 0) is 0 Å². The van der Waals surface area contributed by atoms with E-state index in [2.05, 4.69) is 21.6 Å². The van der Waals surface area contributed by atoms with E-state index in [9.17, 15) is 9.50 Å². The molecule has 0 aromatic carbocycles. The topological polar surface area (TPSA) is 95.8 Å². The molecular weight excluding hydrogens is 241 g/mol. The molecule has 0 saturated carbocycles. The third-order valence-corrected chi connectivity index (χ3v) is 3.10. The molecule has 3 rings (SSSR count). The largest absolute Gasteiger partial charge is 0.472 e. The van der Waals surface area contributed by atoms with Crippen molar-refractivity contribution < 1.29 is 14.2 Å². The molecule has 1 saturated heterocycles. The Morgan fingerprint density at radius 3 is 3.06 bits per heavy atom. The fraction of sp³-hybridized carbons (Fsp3) is 0.500. The van der Waals surface area contributed by atoms with E-state index < -0.39 is 18.1 Å². The minimum absolute atomic E-state index is 0.0434. The second-order valence-electron chi connectivity index (χ2n) is 4.23. The highest BCUT2D eigenvalue weighted by Gasteiger charge is 2.51. The molecule has 1 unspecified atom stereocenters. The molecule has 18 heavy (non-hydrogen) atoms. The predicted molar refractivity (Wildman–Crippen MR) is 62.7 cm³/mol. The monoisotopic (exact) mass is 253 g/mol. The molecular formula is C10H12FN5O2. The lowest BCUT2D eigenvalue weighted by atomic mass is 10.1. The average molecular weight is 253 g/mol. The second-order valence-corrected chi connectivity index (χ2v) is 4.23. The minimum Gasteiger partial charge on any atom is -0.472 e. The van der Waals surface area contributed by atoms with Gasteiger partial charge in [0.2, 0.25) is 0 Å². The maximum absolute atomic E-state index is 14.5. The van der Waals surface area contributed by atoms with E-state index in [0.717, 1.165) is 0 Å². The highest BCUT2D eigenvalue weighted by molar-refractivity contribution is 6.19. The molecule has 3 atom stereocenters. The Kier molecular flexibility index (Phi) is 2.18. The van der Waals surface area contributed by atoms with E-state index in [-0.39, 0.29) is 30.5 Å². The number of nitrogens with zero attached hydrogens (tertiary/aromatic N) is 4. The Bertz CT molecular complexity index is 502. The standard InChI is InChI=1S/C10H12FN5O2/c1-5-6(17)2-7(18-5)16-4-15-10(11)8(12)13-3-14-9(10)16/h4,6-7,17H,1-3H2,(H2,12,13)/t6-,7+,10?/m0/s1. The minimum atomic E-state index is -2.21. The van der Waals surface area contributed by atoms with Crippen LogP contribution < -0.4 is 5.73 Å². The first kappa shape index (κ1) is 11.1. The first-order valence-electron chi connectivity index (χ1n) is 5.44. The number of aliphatic hydroxyl groups excluding tert-OH is 1. The summed E-state index contributed by atoms with van der Waals surface area (Å²) in [6.07, 6.45) is 0.200. The maximum atomic E-state index is 14.5. The summed E-state index contributed by atoms with van der Waals surface area (Å²) in [7, 11) is 0. The van der Waals surface area contributed by atoms with Gasteiger partial charge in [-0.15, -0.1) is 0 Å². The van der Waals surface area contributed by atoms with E-state index in [1.807, 2.05) is 0 Å². The third-order valence-electron chi connectivity index (χ3n) is 3.10. The van der Waals surface area contributed by atoms with Crippen molar-refractivity contribution in [3.05, 3.63) is 12.3 Å². The van der Waals surface area contributed by atoms with E-state index >= 15 is 0 Å². The Hall–Kier alpha value is -1.96. The fourth-order valence-corrected chi connectivity index (χ4v) is 2.08. The summed E-state index contributed by atoms with van der Waals surface area (Å²) in [5.74, 6) is -2.13. The fourth-order valence-electron chi connectivity index (χ4n) is 2.08. The molecule has 3 N–H and O–H groups in total. The highest BCUT2D eigenvalue weighted by Crippen LogP contribution is 2.32. The number of hydrogen-bond donors (Lipinski definition) is 2. The van der Waals surface area contributed by atoms with Crippen molar-refractivity contribution in [2.75, 3.05) is 6.67 Å². The number of alkyl halides is 1. The number of ether oxygens (including phenoxy) is 1. The van der Waals surface area contributed by atoms with Crippen molar-refractivity contribution in [2.24, 2.45) is 20.7 Å². The molecule has 3 heterocycles. The summed E-state index contributed by atoms with van der Waals surface area (Å²) < 4.78 is 19.8. The van der Waals surface area contributed by atoms with Crippen molar-refractivity contribution in [3.8, 4) is 0 Å². The van der Waals surface area contributed by atoms with Gasteiger partial charge in [-0.25, -0.2) is 15.0 Å². The molecule has 1 fully saturated rings. The molecule has 3 aliphatic heterocycles. The van der Waals surface area contributed by atoms with Crippen LogP contribution in [-0.2, 0) is 4.74 Å². The lowest BCUT2D eigenvalue weighted by Gasteiger charge is -2.28. The van der Waals surface area contributed by atoms with Crippen LogP contribution in [0.2, 0.25) is 0 Å². The number of hydrogen-bond acceptors (Lipinski definition) is 7. The van der Waals surface area contributed by atoms with Crippen LogP contribution in [0.25, 0.3) is 0 Å². The van der Waals surface area contributed by atoms with Crippen molar-refractivity contribution in [2.45, 2.75) is 24.5 Å². The molecule has 96 valence electrons. The molecule has 0 amide bonds. The van der Waals surface area contributed by atoms with Crippen molar-refractivity contribution in [3.63, 3.8) is 0 Å². The van der Waals surface area contributed by atoms with Gasteiger partial charge in [0.15, 0.2) is 17.9 Å². The van der Waals surface area contributed by atoms with E-state index in [1.165, 1.54) is 11.2 Å². The molecule has 0 aromatic rings. The first-order valence-corrected chi connectivity index (χ1v) is 5.44. The summed E-state index contributed by atoms with van der Waals surface area (Å²) in [4.78, 5) is 12.8. The Balaban J connectivity index is 1.88. The van der Waals surface area contributed by atoms with E-state index in [1.54, 1.807) is 0 Å². The van der Waals surface area contributed by atoms with Gasteiger partial charge in [-0.3, -0.25) is 4.90 Å². The molecule has 7 nitrogen and oxygen atoms in total. The van der Waals surface area contributed by atoms with Crippen molar-refractivity contribution in [1.82, 2.24) is 4.90 Å². The van der Waals surface area contributed by atoms with Crippen LogP contribution in [0, 0.1) is 0 Å². The summed E-state index contributed by atoms with van der Waals surface area (Å²) >= 11 is 0. The lowest BCUT2D eigenvalue weighted by molar-refractivity contribution is 0.0909. The van der Waals surface area contributed by atoms with Gasteiger partial charge < -0.3 is 15.6 Å². The van der Waals surface area contributed by atoms with Crippen molar-refractivity contribution >= 4 is 18.0 Å². The van der Waals surface area contributed by atoms with E-state index in [4.69, 9.17) is 10.5 Å². The maximum Gasteiger partial charge on any atom is 0.316 e. The molecule has 0 bridgehead atoms. The van der Waals surface area contributed by atoms with Crippen LogP contribution in [0.3, 0.4) is 0 Å². The molecule has 3 aliphatic rings. The summed E-state index contributed by atoms with van der Waals surface area (Å²) in [5, 5.41) is 9.56. The van der Waals surface area contributed by atoms with Crippen molar-refractivity contribution in [1.29, 1.82) is 0 Å². The molecule has 0 aromatic heterocycles. The third kappa shape index (κ3) is 1.35. The number of amidine groups is 2. The second kappa shape index (κ2) is 3.52. The van der Waals surface area contributed by atoms with Crippen LogP contribution in [0.4, 0.5) is 4.39 Å². The molecule has 0 aliphatic carbocycles. The zero-order chi connectivity index (χ0) is 12.9. The lowest BCUT2D eigenvalue weighted by Crippen LogP contribution is -2.52. The van der Waals surface area contributed by atoms with Gasteiger partial charge in [0.05, 0.1) is 6.34 Å². The number of halogens is 1. The molecule has 0 radical (unpaired) electrons. The summed E-state index contributed by atoms with van der Waals surface area (Å²) in [5.41, 5.74) is 5.52. The number of nitrogens with two attached hydrogens (primary N) is 1. The van der Waals surface area contributed by atoms with Gasteiger partial charge in [-0.2, -0.15) is 4.39 Å². The number of aliphatic imine (C=N–C) groups is 3.